The molecular weight excluding hydrogens is 512 g/mol. The lowest BCUT2D eigenvalue weighted by molar-refractivity contribution is 0.103. The minimum Gasteiger partial charge on any atom is -0.494 e. The van der Waals surface area contributed by atoms with Crippen LogP contribution in [0.2, 0.25) is 0 Å². The highest BCUT2D eigenvalue weighted by atomic mass is 32.2. The highest BCUT2D eigenvalue weighted by molar-refractivity contribution is 7.89. The molecule has 8 heteroatoms. The summed E-state index contributed by atoms with van der Waals surface area (Å²) in [6.45, 7) is 10.4. The number of ketones is 1. The molecule has 2 aromatic carbocycles. The summed E-state index contributed by atoms with van der Waals surface area (Å²) in [5.41, 5.74) is 1.45. The van der Waals surface area contributed by atoms with Gasteiger partial charge in [-0.3, -0.25) is 4.79 Å². The molecule has 39 heavy (non-hydrogen) atoms. The van der Waals surface area contributed by atoms with Crippen molar-refractivity contribution >= 4 is 26.8 Å². The molecule has 1 aromatic heterocycles. The SMILES string of the molecule is CCCCc1oc2ccc(S(=O)(=O)NC)cc2c1C(=O)c1ccc(OCCCN(CCCC)CCCC)cc1. The summed E-state index contributed by atoms with van der Waals surface area (Å²) in [4.78, 5) is 16.3. The van der Waals surface area contributed by atoms with Crippen molar-refractivity contribution in [3.05, 3.63) is 59.4 Å². The molecular formula is C31H44N2O5S. The van der Waals surface area contributed by atoms with Crippen molar-refractivity contribution < 1.29 is 22.4 Å². The number of rotatable bonds is 18. The predicted octanol–water partition coefficient (Wildman–Crippen LogP) is 6.59. The van der Waals surface area contributed by atoms with Gasteiger partial charge in [-0.15, -0.1) is 0 Å². The van der Waals surface area contributed by atoms with Crippen molar-refractivity contribution in [2.75, 3.05) is 33.3 Å². The first-order valence-electron chi connectivity index (χ1n) is 14.3. The van der Waals surface area contributed by atoms with Gasteiger partial charge in [0.25, 0.3) is 0 Å². The monoisotopic (exact) mass is 556 g/mol. The molecule has 0 aliphatic heterocycles. The van der Waals surface area contributed by atoms with Gasteiger partial charge in [-0.2, -0.15) is 0 Å². The number of carbonyl (C=O) groups is 1. The van der Waals surface area contributed by atoms with E-state index < -0.39 is 10.0 Å². The Balaban J connectivity index is 1.73. The zero-order valence-corrected chi connectivity index (χ0v) is 24.7. The van der Waals surface area contributed by atoms with Crippen LogP contribution >= 0.6 is 0 Å². The molecule has 1 N–H and O–H groups in total. The summed E-state index contributed by atoms with van der Waals surface area (Å²) < 4.78 is 39.2. The number of sulfonamides is 1. The first-order valence-corrected chi connectivity index (χ1v) is 15.8. The molecule has 0 bridgehead atoms. The molecule has 0 spiro atoms. The average Bonchev–Trinajstić information content (AvgIpc) is 3.32. The molecule has 0 saturated heterocycles. The normalized spacial score (nSPS) is 11.9. The number of unbranched alkanes of at least 4 members (excludes halogenated alkanes) is 3. The van der Waals surface area contributed by atoms with Crippen LogP contribution in [0.3, 0.4) is 0 Å². The third-order valence-electron chi connectivity index (χ3n) is 6.96. The molecule has 7 nitrogen and oxygen atoms in total. The molecule has 0 fully saturated rings. The van der Waals surface area contributed by atoms with E-state index in [1.54, 1.807) is 18.2 Å². The van der Waals surface area contributed by atoms with E-state index in [0.29, 0.717) is 40.9 Å². The average molecular weight is 557 g/mol. The smallest absolute Gasteiger partial charge is 0.240 e. The lowest BCUT2D eigenvalue weighted by Crippen LogP contribution is -2.28. The van der Waals surface area contributed by atoms with Gasteiger partial charge in [-0.1, -0.05) is 40.0 Å². The van der Waals surface area contributed by atoms with Gasteiger partial charge >= 0.3 is 0 Å². The maximum absolute atomic E-state index is 13.7. The highest BCUT2D eigenvalue weighted by Crippen LogP contribution is 2.31. The molecule has 3 aromatic rings. The van der Waals surface area contributed by atoms with Crippen LogP contribution in [0, 0.1) is 0 Å². The van der Waals surface area contributed by atoms with Crippen LogP contribution in [0.25, 0.3) is 11.0 Å². The number of hydrogen-bond acceptors (Lipinski definition) is 6. The van der Waals surface area contributed by atoms with Crippen LogP contribution in [-0.2, 0) is 16.4 Å². The number of ether oxygens (including phenoxy) is 1. The topological polar surface area (TPSA) is 88.8 Å². The lowest BCUT2D eigenvalue weighted by atomic mass is 9.98. The Kier molecular flexibility index (Phi) is 12.0. The van der Waals surface area contributed by atoms with Crippen molar-refractivity contribution in [3.8, 4) is 5.75 Å². The second kappa shape index (κ2) is 15.2. The number of fused-ring (bicyclic) bond motifs is 1. The maximum Gasteiger partial charge on any atom is 0.240 e. The zero-order valence-electron chi connectivity index (χ0n) is 23.9. The number of carbonyl (C=O) groups excluding carboxylic acids is 1. The van der Waals surface area contributed by atoms with Gasteiger partial charge in [0.15, 0.2) is 5.78 Å². The van der Waals surface area contributed by atoms with Gasteiger partial charge in [-0.25, -0.2) is 13.1 Å². The third-order valence-corrected chi connectivity index (χ3v) is 8.37. The van der Waals surface area contributed by atoms with Crippen LogP contribution in [-0.4, -0.2) is 52.4 Å². The van der Waals surface area contributed by atoms with E-state index in [1.807, 2.05) is 12.1 Å². The van der Waals surface area contributed by atoms with Gasteiger partial charge in [0.05, 0.1) is 17.1 Å². The number of benzene rings is 2. The molecule has 214 valence electrons. The highest BCUT2D eigenvalue weighted by Gasteiger charge is 2.24. The summed E-state index contributed by atoms with van der Waals surface area (Å²) in [7, 11) is -2.29. The quantitative estimate of drug-likeness (QED) is 0.141. The largest absolute Gasteiger partial charge is 0.494 e. The van der Waals surface area contributed by atoms with E-state index in [9.17, 15) is 13.2 Å². The Morgan fingerprint density at radius 2 is 1.54 bits per heavy atom. The van der Waals surface area contributed by atoms with Gasteiger partial charge in [-0.05, 0) is 88.3 Å². The van der Waals surface area contributed by atoms with Gasteiger partial charge in [0.1, 0.15) is 17.1 Å². The van der Waals surface area contributed by atoms with Crippen molar-refractivity contribution in [2.24, 2.45) is 0 Å². The van der Waals surface area contributed by atoms with Crippen LogP contribution in [0.15, 0.2) is 51.8 Å². The molecule has 0 saturated carbocycles. The van der Waals surface area contributed by atoms with Gasteiger partial charge < -0.3 is 14.1 Å². The Morgan fingerprint density at radius 1 is 0.897 bits per heavy atom. The second-order valence-corrected chi connectivity index (χ2v) is 11.9. The summed E-state index contributed by atoms with van der Waals surface area (Å²) >= 11 is 0. The Morgan fingerprint density at radius 3 is 2.15 bits per heavy atom. The molecule has 3 rings (SSSR count). The fourth-order valence-electron chi connectivity index (χ4n) is 4.60. The van der Waals surface area contributed by atoms with Crippen molar-refractivity contribution in [1.82, 2.24) is 9.62 Å². The maximum atomic E-state index is 13.7. The van der Waals surface area contributed by atoms with Crippen LogP contribution in [0.1, 0.15) is 87.4 Å². The van der Waals surface area contributed by atoms with Gasteiger partial charge in [0.2, 0.25) is 10.0 Å². The van der Waals surface area contributed by atoms with Crippen molar-refractivity contribution in [1.29, 1.82) is 0 Å². The van der Waals surface area contributed by atoms with E-state index >= 15 is 0 Å². The zero-order chi connectivity index (χ0) is 28.3. The van der Waals surface area contributed by atoms with Crippen LogP contribution in [0.5, 0.6) is 5.75 Å². The second-order valence-electron chi connectivity index (χ2n) is 9.97. The fraction of sp³-hybridized carbons (Fsp3) is 0.516. The predicted molar refractivity (Wildman–Crippen MR) is 157 cm³/mol. The number of furan rings is 1. The first-order chi connectivity index (χ1) is 18.8. The Labute approximate surface area is 234 Å². The fourth-order valence-corrected chi connectivity index (χ4v) is 5.35. The molecule has 1 heterocycles. The van der Waals surface area contributed by atoms with E-state index in [4.69, 9.17) is 9.15 Å². The lowest BCUT2D eigenvalue weighted by Gasteiger charge is -2.21. The summed E-state index contributed by atoms with van der Waals surface area (Å²) in [6.07, 6.45) is 8.22. The molecule has 0 atom stereocenters. The van der Waals surface area contributed by atoms with E-state index in [1.165, 1.54) is 44.9 Å². The number of nitrogens with zero attached hydrogens (tertiary/aromatic N) is 1. The third kappa shape index (κ3) is 8.40. The minimum atomic E-state index is -3.66. The minimum absolute atomic E-state index is 0.0982. The Hall–Kier alpha value is -2.68. The number of aryl methyl sites for hydroxylation is 1. The number of nitrogens with one attached hydrogen (secondary N) is 1. The summed E-state index contributed by atoms with van der Waals surface area (Å²) in [5.74, 6) is 1.13. The molecule has 0 aliphatic carbocycles. The van der Waals surface area contributed by atoms with Gasteiger partial charge in [0, 0.05) is 23.9 Å². The first kappa shape index (κ1) is 30.9. The van der Waals surface area contributed by atoms with E-state index in [0.717, 1.165) is 44.6 Å². The Bertz CT molecular complexity index is 1290. The van der Waals surface area contributed by atoms with Crippen molar-refractivity contribution in [3.63, 3.8) is 0 Å². The van der Waals surface area contributed by atoms with E-state index in [-0.39, 0.29) is 10.7 Å². The molecule has 0 aliphatic rings. The van der Waals surface area contributed by atoms with Crippen molar-refractivity contribution in [2.45, 2.75) is 77.0 Å². The standard InChI is InChI=1S/C31H44N2O5S/c1-5-8-12-29-30(27-23-26(39(35,36)32-4)17-18-28(27)38-29)31(34)24-13-15-25(16-14-24)37-22-11-21-33(19-9-6-2)20-10-7-3/h13-18,23,32H,5-12,19-22H2,1-4H3. The summed E-state index contributed by atoms with van der Waals surface area (Å²) in [5, 5.41) is 0.512. The summed E-state index contributed by atoms with van der Waals surface area (Å²) in [6, 6.07) is 11.8. The van der Waals surface area contributed by atoms with Crippen LogP contribution in [0.4, 0.5) is 0 Å². The number of hydrogen-bond donors (Lipinski definition) is 1. The molecule has 0 unspecified atom stereocenters. The van der Waals surface area contributed by atoms with E-state index in [2.05, 4.69) is 30.4 Å². The molecule has 0 radical (unpaired) electrons. The molecule has 0 amide bonds. The van der Waals surface area contributed by atoms with Crippen LogP contribution < -0.4 is 9.46 Å².